The minimum atomic E-state index is -0.575. The first-order chi connectivity index (χ1) is 11.4. The number of likely N-dealkylation sites (N-methyl/N-ethyl adjacent to an activating group) is 1. The van der Waals surface area contributed by atoms with E-state index in [9.17, 15) is 4.79 Å². The highest BCUT2D eigenvalue weighted by Gasteiger charge is 2.19. The van der Waals surface area contributed by atoms with E-state index < -0.39 is 6.10 Å². The fraction of sp³-hybridized carbons (Fsp3) is 0.316. The zero-order valence-corrected chi connectivity index (χ0v) is 15.1. The number of rotatable bonds is 6. The second kappa shape index (κ2) is 8.06. The number of carbonyl (C=O) groups is 1. The van der Waals surface area contributed by atoms with Crippen molar-refractivity contribution in [2.75, 3.05) is 14.2 Å². The maximum absolute atomic E-state index is 12.5. The van der Waals surface area contributed by atoms with Crippen LogP contribution in [0.3, 0.4) is 0 Å². The smallest absolute Gasteiger partial charge is 0.263 e. The summed E-state index contributed by atoms with van der Waals surface area (Å²) in [4.78, 5) is 14.1. The molecule has 2 aromatic rings. The molecule has 0 saturated carbocycles. The molecule has 1 amide bonds. The lowest BCUT2D eigenvalue weighted by Crippen LogP contribution is -2.37. The Bertz CT molecular complexity index is 700. The summed E-state index contributed by atoms with van der Waals surface area (Å²) in [7, 11) is 3.39. The summed E-state index contributed by atoms with van der Waals surface area (Å²) in [5, 5.41) is 0.679. The molecular weight excluding hydrogens is 326 g/mol. The Morgan fingerprint density at radius 1 is 1.17 bits per heavy atom. The molecule has 0 aromatic heterocycles. The predicted molar refractivity (Wildman–Crippen MR) is 95.7 cm³/mol. The Balaban J connectivity index is 1.96. The number of nitrogens with zero attached hydrogens (tertiary/aromatic N) is 1. The van der Waals surface area contributed by atoms with Crippen LogP contribution in [0.2, 0.25) is 5.02 Å². The third kappa shape index (κ3) is 4.65. The summed E-state index contributed by atoms with van der Waals surface area (Å²) in [5.74, 6) is 1.34. The molecule has 0 bridgehead atoms. The highest BCUT2D eigenvalue weighted by Crippen LogP contribution is 2.22. The van der Waals surface area contributed by atoms with E-state index in [-0.39, 0.29) is 5.91 Å². The molecule has 0 unspecified atom stereocenters. The van der Waals surface area contributed by atoms with Gasteiger partial charge in [0.2, 0.25) is 0 Å². The van der Waals surface area contributed by atoms with Gasteiger partial charge in [0.1, 0.15) is 11.5 Å². The molecule has 128 valence electrons. The van der Waals surface area contributed by atoms with Gasteiger partial charge in [-0.3, -0.25) is 4.79 Å². The molecule has 24 heavy (non-hydrogen) atoms. The molecule has 0 fully saturated rings. The molecule has 2 rings (SSSR count). The average Bonchev–Trinajstić information content (AvgIpc) is 2.58. The highest BCUT2D eigenvalue weighted by molar-refractivity contribution is 6.31. The monoisotopic (exact) mass is 347 g/mol. The fourth-order valence-corrected chi connectivity index (χ4v) is 2.46. The van der Waals surface area contributed by atoms with E-state index in [4.69, 9.17) is 21.1 Å². The van der Waals surface area contributed by atoms with Gasteiger partial charge in [0.15, 0.2) is 6.10 Å². The number of hydrogen-bond acceptors (Lipinski definition) is 3. The van der Waals surface area contributed by atoms with Crippen molar-refractivity contribution >= 4 is 17.5 Å². The molecule has 0 heterocycles. The summed E-state index contributed by atoms with van der Waals surface area (Å²) in [6.07, 6.45) is -0.575. The van der Waals surface area contributed by atoms with Crippen LogP contribution in [0.4, 0.5) is 0 Å². The fourth-order valence-electron chi connectivity index (χ4n) is 2.34. The minimum absolute atomic E-state index is 0.0848. The Kier molecular flexibility index (Phi) is 6.10. The molecule has 1 atom stereocenters. The van der Waals surface area contributed by atoms with Gasteiger partial charge in [0, 0.05) is 18.6 Å². The Morgan fingerprint density at radius 3 is 2.38 bits per heavy atom. The Hall–Kier alpha value is -2.20. The molecule has 0 radical (unpaired) electrons. The van der Waals surface area contributed by atoms with Gasteiger partial charge in [-0.2, -0.15) is 0 Å². The van der Waals surface area contributed by atoms with Gasteiger partial charge in [-0.25, -0.2) is 0 Å². The highest BCUT2D eigenvalue weighted by atomic mass is 35.5. The first kappa shape index (κ1) is 18.1. The first-order valence-corrected chi connectivity index (χ1v) is 8.09. The van der Waals surface area contributed by atoms with E-state index in [1.165, 1.54) is 0 Å². The van der Waals surface area contributed by atoms with Gasteiger partial charge >= 0.3 is 0 Å². The third-order valence-corrected chi connectivity index (χ3v) is 4.17. The van der Waals surface area contributed by atoms with Crippen molar-refractivity contribution < 1.29 is 14.3 Å². The standard InChI is InChI=1S/C19H22ClNO3/c1-13-11-17(9-10-18(13)20)24-14(2)19(22)21(3)12-15-5-7-16(23-4)8-6-15/h5-11,14H,12H2,1-4H3/t14-/m1/s1. The number of halogens is 1. The van der Waals surface area contributed by atoms with Gasteiger partial charge in [-0.15, -0.1) is 0 Å². The zero-order chi connectivity index (χ0) is 17.7. The molecule has 2 aromatic carbocycles. The third-order valence-electron chi connectivity index (χ3n) is 3.75. The Labute approximate surface area is 147 Å². The summed E-state index contributed by atoms with van der Waals surface area (Å²) < 4.78 is 10.9. The number of ether oxygens (including phenoxy) is 2. The minimum Gasteiger partial charge on any atom is -0.497 e. The van der Waals surface area contributed by atoms with Crippen LogP contribution in [0.1, 0.15) is 18.1 Å². The Morgan fingerprint density at radius 2 is 1.79 bits per heavy atom. The normalized spacial score (nSPS) is 11.7. The van der Waals surface area contributed by atoms with E-state index in [2.05, 4.69) is 0 Å². The van der Waals surface area contributed by atoms with Crippen molar-refractivity contribution in [1.29, 1.82) is 0 Å². The van der Waals surface area contributed by atoms with E-state index in [0.717, 1.165) is 16.9 Å². The molecular formula is C19H22ClNO3. The molecule has 0 aliphatic rings. The lowest BCUT2D eigenvalue weighted by molar-refractivity contribution is -0.137. The summed E-state index contributed by atoms with van der Waals surface area (Å²) in [6, 6.07) is 13.0. The molecule has 0 aliphatic heterocycles. The quantitative estimate of drug-likeness (QED) is 0.790. The number of methoxy groups -OCH3 is 1. The SMILES string of the molecule is COc1ccc(CN(C)C(=O)[C@@H](C)Oc2ccc(Cl)c(C)c2)cc1. The van der Waals surface area contributed by atoms with Crippen LogP contribution in [0.5, 0.6) is 11.5 Å². The molecule has 0 spiro atoms. The maximum atomic E-state index is 12.5. The van der Waals surface area contributed by atoms with Crippen LogP contribution in [0, 0.1) is 6.92 Å². The predicted octanol–water partition coefficient (Wildman–Crippen LogP) is 4.08. The van der Waals surface area contributed by atoms with E-state index in [0.29, 0.717) is 17.3 Å². The van der Waals surface area contributed by atoms with Gasteiger partial charge in [-0.05, 0) is 55.3 Å². The van der Waals surface area contributed by atoms with Gasteiger partial charge < -0.3 is 14.4 Å². The van der Waals surface area contributed by atoms with Crippen molar-refractivity contribution in [1.82, 2.24) is 4.90 Å². The second-order valence-corrected chi connectivity index (χ2v) is 6.12. The van der Waals surface area contributed by atoms with Gasteiger partial charge in [0.25, 0.3) is 5.91 Å². The summed E-state index contributed by atoms with van der Waals surface area (Å²) in [6.45, 7) is 4.16. The number of amides is 1. The maximum Gasteiger partial charge on any atom is 0.263 e. The lowest BCUT2D eigenvalue weighted by Gasteiger charge is -2.22. The topological polar surface area (TPSA) is 38.8 Å². The van der Waals surface area contributed by atoms with Crippen molar-refractivity contribution in [3.8, 4) is 11.5 Å². The number of aryl methyl sites for hydroxylation is 1. The van der Waals surface area contributed by atoms with Crippen LogP contribution in [-0.4, -0.2) is 31.1 Å². The van der Waals surface area contributed by atoms with Crippen LogP contribution in [-0.2, 0) is 11.3 Å². The summed E-state index contributed by atoms with van der Waals surface area (Å²) in [5.41, 5.74) is 1.95. The molecule has 5 heteroatoms. The molecule has 0 saturated heterocycles. The first-order valence-electron chi connectivity index (χ1n) is 7.71. The van der Waals surface area contributed by atoms with Crippen LogP contribution in [0.25, 0.3) is 0 Å². The number of carbonyl (C=O) groups excluding carboxylic acids is 1. The van der Waals surface area contributed by atoms with Crippen LogP contribution >= 0.6 is 11.6 Å². The van der Waals surface area contributed by atoms with Gasteiger partial charge in [-0.1, -0.05) is 23.7 Å². The largest absolute Gasteiger partial charge is 0.497 e. The lowest BCUT2D eigenvalue weighted by atomic mass is 10.2. The second-order valence-electron chi connectivity index (χ2n) is 5.71. The van der Waals surface area contributed by atoms with E-state index in [1.807, 2.05) is 37.3 Å². The van der Waals surface area contributed by atoms with Crippen LogP contribution < -0.4 is 9.47 Å². The van der Waals surface area contributed by atoms with Crippen molar-refractivity contribution in [2.45, 2.75) is 26.5 Å². The number of hydrogen-bond donors (Lipinski definition) is 0. The molecule has 0 aliphatic carbocycles. The van der Waals surface area contributed by atoms with Crippen molar-refractivity contribution in [2.24, 2.45) is 0 Å². The summed E-state index contributed by atoms with van der Waals surface area (Å²) >= 11 is 6.00. The number of benzene rings is 2. The van der Waals surface area contributed by atoms with Crippen LogP contribution in [0.15, 0.2) is 42.5 Å². The van der Waals surface area contributed by atoms with E-state index >= 15 is 0 Å². The van der Waals surface area contributed by atoms with Crippen molar-refractivity contribution in [3.05, 3.63) is 58.6 Å². The molecule has 4 nitrogen and oxygen atoms in total. The van der Waals surface area contributed by atoms with Crippen molar-refractivity contribution in [3.63, 3.8) is 0 Å². The van der Waals surface area contributed by atoms with Gasteiger partial charge in [0.05, 0.1) is 7.11 Å². The average molecular weight is 348 g/mol. The zero-order valence-electron chi connectivity index (χ0n) is 14.4. The molecule has 0 N–H and O–H groups in total. The van der Waals surface area contributed by atoms with E-state index in [1.54, 1.807) is 38.1 Å².